The van der Waals surface area contributed by atoms with E-state index in [1.54, 1.807) is 6.08 Å². The van der Waals surface area contributed by atoms with Gasteiger partial charge in [-0.2, -0.15) is 0 Å². The van der Waals surface area contributed by atoms with Gasteiger partial charge in [0.25, 0.3) is 0 Å². The predicted molar refractivity (Wildman–Crippen MR) is 364 cm³/mol. The highest BCUT2D eigenvalue weighted by Gasteiger charge is 2.44. The number of unbranched alkanes of at least 4 members (excludes halogenated alkanes) is 35. The maximum Gasteiger partial charge on any atom is 0.220 e. The minimum Gasteiger partial charge on any atom is -0.394 e. The van der Waals surface area contributed by atoms with Crippen molar-refractivity contribution in [2.75, 3.05) is 13.2 Å². The Hall–Kier alpha value is -3.15. The van der Waals surface area contributed by atoms with Gasteiger partial charge in [0.2, 0.25) is 5.91 Å². The quantitative estimate of drug-likeness (QED) is 0.0261. The van der Waals surface area contributed by atoms with E-state index in [4.69, 9.17) is 9.47 Å². The van der Waals surface area contributed by atoms with E-state index in [9.17, 15) is 30.3 Å². The predicted octanol–water partition coefficient (Wildman–Crippen LogP) is 19.6. The lowest BCUT2D eigenvalue weighted by Crippen LogP contribution is -2.60. The monoisotopic (exact) mass is 1190 g/mol. The average Bonchev–Trinajstić information content (AvgIpc) is 3.57. The topological polar surface area (TPSA) is 149 Å². The van der Waals surface area contributed by atoms with Crippen molar-refractivity contribution in [3.05, 3.63) is 109 Å². The Labute approximate surface area is 523 Å². The molecule has 0 aromatic carbocycles. The molecule has 7 atom stereocenters. The summed E-state index contributed by atoms with van der Waals surface area (Å²) in [6.07, 6.45) is 87.6. The number of aliphatic hydroxyl groups excluding tert-OH is 5. The number of carbonyl (C=O) groups excluding carboxylic acids is 1. The third-order valence-corrected chi connectivity index (χ3v) is 16.3. The van der Waals surface area contributed by atoms with Crippen LogP contribution in [0, 0.1) is 0 Å². The third-order valence-electron chi connectivity index (χ3n) is 16.3. The minimum absolute atomic E-state index is 0.187. The number of nitrogens with one attached hydrogen (secondary N) is 1. The summed E-state index contributed by atoms with van der Waals surface area (Å²) < 4.78 is 11.3. The molecular weight excluding hydrogens is 1050 g/mol. The minimum atomic E-state index is -1.58. The second-order valence-electron chi connectivity index (χ2n) is 24.3. The Morgan fingerprint density at radius 3 is 1.13 bits per heavy atom. The van der Waals surface area contributed by atoms with Gasteiger partial charge >= 0.3 is 0 Å². The van der Waals surface area contributed by atoms with Crippen molar-refractivity contribution in [1.82, 2.24) is 5.32 Å². The van der Waals surface area contributed by atoms with Gasteiger partial charge in [0.05, 0.1) is 25.4 Å². The Balaban J connectivity index is 2.14. The molecule has 0 aliphatic carbocycles. The maximum atomic E-state index is 13.1. The van der Waals surface area contributed by atoms with Crippen LogP contribution in [0.15, 0.2) is 109 Å². The number of hydrogen-bond acceptors (Lipinski definition) is 8. The molecular formula is C76H133NO8. The van der Waals surface area contributed by atoms with Gasteiger partial charge in [-0.05, 0) is 89.9 Å². The van der Waals surface area contributed by atoms with Crippen LogP contribution in [0.1, 0.15) is 309 Å². The second kappa shape index (κ2) is 63.9. The molecule has 0 bridgehead atoms. The summed E-state index contributed by atoms with van der Waals surface area (Å²) in [7, 11) is 0. The highest BCUT2D eigenvalue weighted by atomic mass is 16.7. The van der Waals surface area contributed by atoms with Gasteiger partial charge in [0.15, 0.2) is 6.29 Å². The fourth-order valence-electron chi connectivity index (χ4n) is 10.8. The summed E-state index contributed by atoms with van der Waals surface area (Å²) in [5.41, 5.74) is 0. The Bertz CT molecular complexity index is 1710. The van der Waals surface area contributed by atoms with E-state index < -0.39 is 49.5 Å². The number of rotatable bonds is 61. The fourth-order valence-corrected chi connectivity index (χ4v) is 10.8. The van der Waals surface area contributed by atoms with Crippen molar-refractivity contribution in [3.63, 3.8) is 0 Å². The zero-order valence-electron chi connectivity index (χ0n) is 54.8. The molecule has 0 radical (unpaired) electrons. The first-order valence-corrected chi connectivity index (χ1v) is 35.6. The van der Waals surface area contributed by atoms with E-state index >= 15 is 0 Å². The summed E-state index contributed by atoms with van der Waals surface area (Å²) in [4.78, 5) is 13.1. The zero-order chi connectivity index (χ0) is 61.4. The van der Waals surface area contributed by atoms with E-state index in [0.29, 0.717) is 6.42 Å². The molecule has 6 N–H and O–H groups in total. The molecule has 1 fully saturated rings. The van der Waals surface area contributed by atoms with Crippen LogP contribution in [-0.4, -0.2) is 87.5 Å². The molecule has 9 nitrogen and oxygen atoms in total. The van der Waals surface area contributed by atoms with Crippen LogP contribution < -0.4 is 5.32 Å². The molecule has 9 heteroatoms. The van der Waals surface area contributed by atoms with Gasteiger partial charge in [-0.25, -0.2) is 0 Å². The normalized spacial score (nSPS) is 18.8. The summed E-state index contributed by atoms with van der Waals surface area (Å²) in [6, 6.07) is -0.829. The van der Waals surface area contributed by atoms with E-state index in [1.165, 1.54) is 205 Å². The highest BCUT2D eigenvalue weighted by Crippen LogP contribution is 2.23. The SMILES string of the molecule is CC/C=C\C/C=C\C/C=C\C/C=C\C/C=C\C/C=C\C/C=C\CCCCCCCCCCCCCCCCCC(=O)NC(COC1OC(CO)C(O)C(O)C1O)C(O)/C=C/CC/C=C/CCCCCCCCCCCCCCCCCCCCC. The lowest BCUT2D eigenvalue weighted by molar-refractivity contribution is -0.302. The molecule has 0 spiro atoms. The molecule has 1 saturated heterocycles. The molecule has 0 aromatic rings. The van der Waals surface area contributed by atoms with Gasteiger partial charge in [-0.1, -0.05) is 322 Å². The highest BCUT2D eigenvalue weighted by molar-refractivity contribution is 5.76. The summed E-state index contributed by atoms with van der Waals surface area (Å²) in [5.74, 6) is -0.187. The van der Waals surface area contributed by atoms with Crippen molar-refractivity contribution < 1.29 is 39.8 Å². The molecule has 7 unspecified atom stereocenters. The molecule has 1 aliphatic heterocycles. The Morgan fingerprint density at radius 1 is 0.412 bits per heavy atom. The van der Waals surface area contributed by atoms with Crippen LogP contribution in [0.25, 0.3) is 0 Å². The smallest absolute Gasteiger partial charge is 0.220 e. The lowest BCUT2D eigenvalue weighted by atomic mass is 9.99. The van der Waals surface area contributed by atoms with Crippen molar-refractivity contribution in [2.24, 2.45) is 0 Å². The summed E-state index contributed by atoms with van der Waals surface area (Å²) in [5, 5.41) is 54.8. The first kappa shape index (κ1) is 79.9. The Kier molecular flexibility index (Phi) is 60.0. The van der Waals surface area contributed by atoms with Gasteiger partial charge in [-0.3, -0.25) is 4.79 Å². The first-order chi connectivity index (χ1) is 41.8. The average molecular weight is 1190 g/mol. The molecule has 1 aliphatic rings. The molecule has 1 rings (SSSR count). The van der Waals surface area contributed by atoms with Gasteiger partial charge in [-0.15, -0.1) is 0 Å². The third kappa shape index (κ3) is 52.5. The van der Waals surface area contributed by atoms with Gasteiger partial charge in [0, 0.05) is 6.42 Å². The molecule has 0 aromatic heterocycles. The van der Waals surface area contributed by atoms with Crippen LogP contribution >= 0.6 is 0 Å². The van der Waals surface area contributed by atoms with E-state index in [-0.39, 0.29) is 12.5 Å². The van der Waals surface area contributed by atoms with E-state index in [0.717, 1.165) is 83.5 Å². The maximum absolute atomic E-state index is 13.1. The summed E-state index contributed by atoms with van der Waals surface area (Å²) in [6.45, 7) is 3.68. The standard InChI is InChI=1S/C76H133NO8/c1-3-5-7-9-11-13-15-17-19-21-23-25-27-29-30-31-32-33-34-35-36-37-38-39-40-42-44-46-48-50-52-54-56-58-60-62-64-66-72(80)77-69(68-84-76-75(83)74(82)73(81)71(67-78)85-76)70(79)65-63-61-59-57-55-53-51-49-47-45-43-41-28-26-24-22-20-18-16-14-12-10-8-6-4-2/h5,7,11,13,17,19,23,25,29-30,32-33,35-36,55,57,63,65,69-71,73-76,78-79,81-83H,3-4,6,8-10,12,14-16,18,20-22,24,26-28,31,34,37-54,56,58-62,64,66-68H2,1-2H3,(H,77,80)/b7-5-,13-11-,19-17-,25-23-,30-29-,33-32-,36-35-,57-55+,65-63+. The number of aliphatic hydroxyl groups is 5. The first-order valence-electron chi connectivity index (χ1n) is 35.6. The molecule has 1 heterocycles. The number of hydrogen-bond donors (Lipinski definition) is 6. The van der Waals surface area contributed by atoms with Crippen LogP contribution in [0.5, 0.6) is 0 Å². The second-order valence-corrected chi connectivity index (χ2v) is 24.3. The number of carbonyl (C=O) groups is 1. The number of amides is 1. The molecule has 490 valence electrons. The van der Waals surface area contributed by atoms with E-state index in [2.05, 4.69) is 116 Å². The van der Waals surface area contributed by atoms with Crippen LogP contribution in [0.2, 0.25) is 0 Å². The van der Waals surface area contributed by atoms with Gasteiger partial charge in [0.1, 0.15) is 24.4 Å². The largest absolute Gasteiger partial charge is 0.394 e. The van der Waals surface area contributed by atoms with E-state index in [1.807, 2.05) is 6.08 Å². The van der Waals surface area contributed by atoms with Crippen LogP contribution in [-0.2, 0) is 14.3 Å². The molecule has 85 heavy (non-hydrogen) atoms. The van der Waals surface area contributed by atoms with Crippen molar-refractivity contribution >= 4 is 5.91 Å². The van der Waals surface area contributed by atoms with Crippen molar-refractivity contribution in [3.8, 4) is 0 Å². The van der Waals surface area contributed by atoms with Gasteiger partial charge < -0.3 is 40.3 Å². The zero-order valence-corrected chi connectivity index (χ0v) is 54.8. The van der Waals surface area contributed by atoms with Crippen molar-refractivity contribution in [2.45, 2.75) is 352 Å². The summed E-state index contributed by atoms with van der Waals surface area (Å²) >= 11 is 0. The number of ether oxygens (including phenoxy) is 2. The van der Waals surface area contributed by atoms with Crippen molar-refractivity contribution in [1.29, 1.82) is 0 Å². The molecule has 0 saturated carbocycles. The van der Waals surface area contributed by atoms with Crippen LogP contribution in [0.4, 0.5) is 0 Å². The Morgan fingerprint density at radius 2 is 0.741 bits per heavy atom. The molecule has 1 amide bonds. The number of allylic oxidation sites excluding steroid dienone is 17. The fraction of sp³-hybridized carbons (Fsp3) is 0.750. The lowest BCUT2D eigenvalue weighted by Gasteiger charge is -2.40. The van der Waals surface area contributed by atoms with Crippen LogP contribution in [0.3, 0.4) is 0 Å².